The molecule has 9 nitrogen and oxygen atoms in total. The summed E-state index contributed by atoms with van der Waals surface area (Å²) >= 11 is 6.48. The van der Waals surface area contributed by atoms with Crippen LogP contribution in [0.2, 0.25) is 5.02 Å². The number of hydrogen-bond acceptors (Lipinski definition) is 7. The summed E-state index contributed by atoms with van der Waals surface area (Å²) in [5, 5.41) is 25.2. The lowest BCUT2D eigenvalue weighted by Gasteiger charge is -2.26. The Morgan fingerprint density at radius 3 is 2.60 bits per heavy atom. The number of halogens is 1. The molecule has 10 heteroatoms. The van der Waals surface area contributed by atoms with E-state index >= 15 is 0 Å². The molecule has 0 fully saturated rings. The SMILES string of the molecule is CC(C)(O)Cn1ccc2c(Nc3nccc(-c4cc(C#N)c5c(c4)C(C)(C)CN5C(=O)OC(C)(C)C)n3)cc(Cl)cc21. The van der Waals surface area contributed by atoms with Gasteiger partial charge in [0.15, 0.2) is 0 Å². The van der Waals surface area contributed by atoms with E-state index in [4.69, 9.17) is 21.3 Å². The normalized spacial score (nSPS) is 14.5. The van der Waals surface area contributed by atoms with Crippen LogP contribution >= 0.6 is 11.6 Å². The number of aromatic nitrogens is 3. The maximum absolute atomic E-state index is 13.1. The molecule has 0 saturated heterocycles. The maximum atomic E-state index is 13.1. The molecule has 5 rings (SSSR count). The number of anilines is 3. The van der Waals surface area contributed by atoms with Gasteiger partial charge in [-0.3, -0.25) is 4.90 Å². The molecular weight excluding hydrogens is 552 g/mol. The van der Waals surface area contributed by atoms with Crippen molar-refractivity contribution in [3.8, 4) is 17.3 Å². The smallest absolute Gasteiger partial charge is 0.414 e. The van der Waals surface area contributed by atoms with Crippen molar-refractivity contribution in [3.63, 3.8) is 0 Å². The fourth-order valence-electron chi connectivity index (χ4n) is 5.33. The highest BCUT2D eigenvalue weighted by Gasteiger charge is 2.42. The highest BCUT2D eigenvalue weighted by molar-refractivity contribution is 6.32. The third-order valence-corrected chi connectivity index (χ3v) is 7.22. The van der Waals surface area contributed by atoms with Crippen LogP contribution in [0.3, 0.4) is 0 Å². The number of fused-ring (bicyclic) bond motifs is 2. The molecule has 0 saturated carbocycles. The summed E-state index contributed by atoms with van der Waals surface area (Å²) in [6.45, 7) is 13.9. The Morgan fingerprint density at radius 2 is 1.93 bits per heavy atom. The molecular formula is C32H35ClN6O3. The number of carbonyl (C=O) groups excluding carboxylic acids is 1. The Hall–Kier alpha value is -4.13. The van der Waals surface area contributed by atoms with Gasteiger partial charge in [0, 0.05) is 40.3 Å². The molecule has 0 bridgehead atoms. The van der Waals surface area contributed by atoms with E-state index in [0.717, 1.165) is 27.7 Å². The van der Waals surface area contributed by atoms with Gasteiger partial charge in [0.1, 0.15) is 11.7 Å². The first-order valence-electron chi connectivity index (χ1n) is 13.7. The second-order valence-corrected chi connectivity index (χ2v) is 13.5. The van der Waals surface area contributed by atoms with E-state index in [1.165, 1.54) is 0 Å². The molecule has 1 aliphatic heterocycles. The van der Waals surface area contributed by atoms with Crippen molar-refractivity contribution in [2.75, 3.05) is 16.8 Å². The number of nitrogens with zero attached hydrogens (tertiary/aromatic N) is 5. The van der Waals surface area contributed by atoms with Crippen molar-refractivity contribution in [2.45, 2.75) is 71.6 Å². The summed E-state index contributed by atoms with van der Waals surface area (Å²) in [4.78, 5) is 23.8. The average Bonchev–Trinajstić information content (AvgIpc) is 3.39. The van der Waals surface area contributed by atoms with E-state index in [1.54, 1.807) is 37.1 Å². The summed E-state index contributed by atoms with van der Waals surface area (Å²) in [5.41, 5.74) is 2.82. The minimum Gasteiger partial charge on any atom is -0.443 e. The zero-order valence-electron chi connectivity index (χ0n) is 24.9. The number of amides is 1. The lowest BCUT2D eigenvalue weighted by atomic mass is 9.85. The molecule has 2 aromatic carbocycles. The lowest BCUT2D eigenvalue weighted by Crippen LogP contribution is -2.38. The monoisotopic (exact) mass is 586 g/mol. The molecule has 2 aromatic heterocycles. The zero-order valence-corrected chi connectivity index (χ0v) is 25.7. The standard InChI is InChI=1S/C32H35ClN6O3/c1-30(2,3)42-29(40)39-17-31(4,5)23-13-19(12-20(16-34)27(23)39)24-8-10-35-28(36-24)37-25-14-21(33)15-26-22(25)9-11-38(26)18-32(6,7)41/h8-15,41H,17-18H2,1-7H3,(H,35,36,37). The molecule has 0 spiro atoms. The highest BCUT2D eigenvalue weighted by atomic mass is 35.5. The van der Waals surface area contributed by atoms with Gasteiger partial charge in [-0.05, 0) is 76.6 Å². The molecule has 0 aliphatic carbocycles. The van der Waals surface area contributed by atoms with Crippen LogP contribution in [-0.2, 0) is 16.7 Å². The van der Waals surface area contributed by atoms with Crippen LogP contribution in [0.4, 0.5) is 22.1 Å². The van der Waals surface area contributed by atoms with Crippen molar-refractivity contribution in [1.82, 2.24) is 14.5 Å². The largest absolute Gasteiger partial charge is 0.443 e. The van der Waals surface area contributed by atoms with Crippen LogP contribution in [0.5, 0.6) is 0 Å². The van der Waals surface area contributed by atoms with Gasteiger partial charge in [-0.25, -0.2) is 14.8 Å². The van der Waals surface area contributed by atoms with E-state index in [-0.39, 0.29) is 0 Å². The first-order valence-corrected chi connectivity index (χ1v) is 14.1. The topological polar surface area (TPSA) is 116 Å². The van der Waals surface area contributed by atoms with E-state index in [0.29, 0.717) is 41.0 Å². The Balaban J connectivity index is 1.51. The molecule has 3 heterocycles. The van der Waals surface area contributed by atoms with Crippen molar-refractivity contribution >= 4 is 45.9 Å². The van der Waals surface area contributed by atoms with Crippen LogP contribution in [0.1, 0.15) is 59.6 Å². The molecule has 42 heavy (non-hydrogen) atoms. The Morgan fingerprint density at radius 1 is 1.19 bits per heavy atom. The molecule has 0 atom stereocenters. The second-order valence-electron chi connectivity index (χ2n) is 13.0. The van der Waals surface area contributed by atoms with Crippen LogP contribution in [0, 0.1) is 11.3 Å². The van der Waals surface area contributed by atoms with Crippen LogP contribution in [0.15, 0.2) is 48.8 Å². The number of aliphatic hydroxyl groups is 1. The fraction of sp³-hybridized carbons (Fsp3) is 0.375. The van der Waals surface area contributed by atoms with Crippen molar-refractivity contribution in [3.05, 3.63) is 64.9 Å². The molecule has 1 aliphatic rings. The minimum absolute atomic E-state index is 0.361. The maximum Gasteiger partial charge on any atom is 0.414 e. The summed E-state index contributed by atoms with van der Waals surface area (Å²) in [6, 6.07) is 13.4. The number of hydrogen-bond donors (Lipinski definition) is 2. The molecule has 0 radical (unpaired) electrons. The van der Waals surface area contributed by atoms with Crippen molar-refractivity contribution < 1.29 is 14.6 Å². The molecule has 2 N–H and O–H groups in total. The summed E-state index contributed by atoms with van der Waals surface area (Å²) in [7, 11) is 0. The van der Waals surface area contributed by atoms with Crippen LogP contribution in [-0.4, -0.2) is 43.5 Å². The lowest BCUT2D eigenvalue weighted by molar-refractivity contribution is 0.0578. The highest BCUT2D eigenvalue weighted by Crippen LogP contribution is 2.45. The zero-order chi connectivity index (χ0) is 30.6. The van der Waals surface area contributed by atoms with Gasteiger partial charge in [-0.2, -0.15) is 5.26 Å². The second kappa shape index (κ2) is 10.3. The van der Waals surface area contributed by atoms with E-state index < -0.39 is 22.7 Å². The van der Waals surface area contributed by atoms with Gasteiger partial charge in [-0.1, -0.05) is 25.4 Å². The number of nitriles is 1. The summed E-state index contributed by atoms with van der Waals surface area (Å²) in [6.07, 6.45) is 3.09. The van der Waals surface area contributed by atoms with Crippen molar-refractivity contribution in [1.29, 1.82) is 5.26 Å². The van der Waals surface area contributed by atoms with E-state index in [2.05, 4.69) is 16.4 Å². The average molecular weight is 587 g/mol. The molecule has 0 unspecified atom stereocenters. The quantitative estimate of drug-likeness (QED) is 0.254. The van der Waals surface area contributed by atoms with Gasteiger partial charge >= 0.3 is 6.09 Å². The molecule has 1 amide bonds. The Bertz CT molecular complexity index is 1740. The van der Waals surface area contributed by atoms with Gasteiger partial charge < -0.3 is 19.7 Å². The third kappa shape index (κ3) is 5.91. The fourth-order valence-corrected chi connectivity index (χ4v) is 5.54. The first kappa shape index (κ1) is 29.4. The Kier molecular flexibility index (Phi) is 7.20. The number of ether oxygens (including phenoxy) is 1. The van der Waals surface area contributed by atoms with Gasteiger partial charge in [0.25, 0.3) is 0 Å². The molecule has 218 valence electrons. The summed E-state index contributed by atoms with van der Waals surface area (Å²) in [5.74, 6) is 0.361. The van der Waals surface area contributed by atoms with Crippen LogP contribution < -0.4 is 10.2 Å². The number of rotatable bonds is 5. The predicted octanol–water partition coefficient (Wildman–Crippen LogP) is 7.17. The third-order valence-electron chi connectivity index (χ3n) is 7.01. The number of nitrogens with one attached hydrogen (secondary N) is 1. The van der Waals surface area contributed by atoms with Crippen LogP contribution in [0.25, 0.3) is 22.2 Å². The van der Waals surface area contributed by atoms with E-state index in [1.807, 2.05) is 69.6 Å². The van der Waals surface area contributed by atoms with Gasteiger partial charge in [0.2, 0.25) is 5.95 Å². The predicted molar refractivity (Wildman–Crippen MR) is 165 cm³/mol. The van der Waals surface area contributed by atoms with Gasteiger partial charge in [0.05, 0.1) is 40.3 Å². The Labute approximate surface area is 250 Å². The number of carbonyl (C=O) groups is 1. The molecule has 4 aromatic rings. The summed E-state index contributed by atoms with van der Waals surface area (Å²) < 4.78 is 7.61. The number of benzene rings is 2. The minimum atomic E-state index is -0.893. The van der Waals surface area contributed by atoms with Gasteiger partial charge in [-0.15, -0.1) is 0 Å². The first-order chi connectivity index (χ1) is 19.5. The van der Waals surface area contributed by atoms with E-state index in [9.17, 15) is 15.2 Å². The van der Waals surface area contributed by atoms with Crippen molar-refractivity contribution in [2.24, 2.45) is 0 Å².